The number of nitrogens with one attached hydrogen (secondary N) is 1. The van der Waals surface area contributed by atoms with Gasteiger partial charge < -0.3 is 10.1 Å². The van der Waals surface area contributed by atoms with Crippen molar-refractivity contribution in [1.82, 2.24) is 5.32 Å². The minimum absolute atomic E-state index is 0.128. The molecule has 0 saturated carbocycles. The van der Waals surface area contributed by atoms with Crippen molar-refractivity contribution in [2.24, 2.45) is 0 Å². The van der Waals surface area contributed by atoms with Crippen molar-refractivity contribution in [2.45, 2.75) is 33.3 Å². The Morgan fingerprint density at radius 2 is 1.80 bits per heavy atom. The Morgan fingerprint density at radius 3 is 2.27 bits per heavy atom. The highest BCUT2D eigenvalue weighted by Crippen LogP contribution is 2.04. The topological polar surface area (TPSA) is 55.4 Å². The van der Waals surface area contributed by atoms with E-state index in [-0.39, 0.29) is 17.1 Å². The zero-order valence-corrected chi connectivity index (χ0v) is 11.0. The molecule has 0 fully saturated rings. The number of rotatable bonds is 7. The summed E-state index contributed by atoms with van der Waals surface area (Å²) in [5, 5.41) is 3.04. The zero-order valence-electron chi connectivity index (χ0n) is 10.2. The van der Waals surface area contributed by atoms with Gasteiger partial charge in [-0.1, -0.05) is 6.92 Å². The molecule has 0 aromatic carbocycles. The Labute approximate surface area is 93.3 Å². The van der Waals surface area contributed by atoms with Gasteiger partial charge in [0.1, 0.15) is 0 Å². The molecule has 0 aliphatic rings. The van der Waals surface area contributed by atoms with Crippen LogP contribution in [0.4, 0.5) is 0 Å². The first-order chi connectivity index (χ1) is 6.77. The zero-order chi connectivity index (χ0) is 11.9. The number of hydrogen-bond donors (Lipinski definition) is 1. The van der Waals surface area contributed by atoms with Crippen molar-refractivity contribution >= 4 is 9.84 Å². The first-order valence-corrected chi connectivity index (χ1v) is 7.14. The molecule has 0 unspecified atom stereocenters. The minimum Gasteiger partial charge on any atom is -0.375 e. The lowest BCUT2D eigenvalue weighted by molar-refractivity contribution is -0.000620. The van der Waals surface area contributed by atoms with Gasteiger partial charge in [0.15, 0.2) is 9.84 Å². The maximum Gasteiger partial charge on any atom is 0.151 e. The SMILES string of the molecule is CCS(=O)(=O)CCNCCOC(C)(C)C. The van der Waals surface area contributed by atoms with E-state index in [1.807, 2.05) is 20.8 Å². The van der Waals surface area contributed by atoms with Gasteiger partial charge in [-0.2, -0.15) is 0 Å². The number of ether oxygens (including phenoxy) is 1. The molecule has 0 aliphatic heterocycles. The van der Waals surface area contributed by atoms with Gasteiger partial charge in [0.2, 0.25) is 0 Å². The fraction of sp³-hybridized carbons (Fsp3) is 1.00. The molecule has 0 spiro atoms. The van der Waals surface area contributed by atoms with E-state index in [1.165, 1.54) is 0 Å². The van der Waals surface area contributed by atoms with Gasteiger partial charge >= 0.3 is 0 Å². The lowest BCUT2D eigenvalue weighted by atomic mass is 10.2. The standard InChI is InChI=1S/C10H23NO3S/c1-5-15(12,13)9-7-11-6-8-14-10(2,3)4/h11H,5-9H2,1-4H3. The monoisotopic (exact) mass is 237 g/mol. The number of hydrogen-bond acceptors (Lipinski definition) is 4. The quantitative estimate of drug-likeness (QED) is 0.666. The average molecular weight is 237 g/mol. The summed E-state index contributed by atoms with van der Waals surface area (Å²) in [5.74, 6) is 0.423. The van der Waals surface area contributed by atoms with Crippen molar-refractivity contribution in [3.63, 3.8) is 0 Å². The molecule has 0 aliphatic carbocycles. The molecule has 0 aromatic heterocycles. The molecule has 0 aromatic rings. The van der Waals surface area contributed by atoms with Crippen LogP contribution in [0.3, 0.4) is 0 Å². The van der Waals surface area contributed by atoms with Crippen LogP contribution in [0.1, 0.15) is 27.7 Å². The highest BCUT2D eigenvalue weighted by molar-refractivity contribution is 7.91. The predicted octanol–water partition coefficient (Wildman–Crippen LogP) is 0.826. The van der Waals surface area contributed by atoms with Crippen LogP contribution in [-0.2, 0) is 14.6 Å². The molecule has 0 amide bonds. The van der Waals surface area contributed by atoms with E-state index < -0.39 is 9.84 Å². The normalized spacial score (nSPS) is 13.1. The summed E-state index contributed by atoms with van der Waals surface area (Å²) in [5.41, 5.74) is -0.128. The maximum atomic E-state index is 11.1. The highest BCUT2D eigenvalue weighted by atomic mass is 32.2. The maximum absolute atomic E-state index is 11.1. The van der Waals surface area contributed by atoms with Crippen molar-refractivity contribution < 1.29 is 13.2 Å². The van der Waals surface area contributed by atoms with Crippen LogP contribution in [0, 0.1) is 0 Å². The summed E-state index contributed by atoms with van der Waals surface area (Å²) in [7, 11) is -2.84. The molecule has 0 heterocycles. The van der Waals surface area contributed by atoms with Crippen LogP contribution in [0.2, 0.25) is 0 Å². The second kappa shape index (κ2) is 6.45. The lowest BCUT2D eigenvalue weighted by Gasteiger charge is -2.19. The van der Waals surface area contributed by atoms with Crippen LogP contribution in [-0.4, -0.2) is 45.2 Å². The first kappa shape index (κ1) is 14.9. The van der Waals surface area contributed by atoms with Crippen LogP contribution in [0.25, 0.3) is 0 Å². The van der Waals surface area contributed by atoms with Gasteiger partial charge in [-0.05, 0) is 20.8 Å². The van der Waals surface area contributed by atoms with E-state index in [9.17, 15) is 8.42 Å². The summed E-state index contributed by atoms with van der Waals surface area (Å²) < 4.78 is 27.7. The summed E-state index contributed by atoms with van der Waals surface area (Å²) in [6, 6.07) is 0. The van der Waals surface area contributed by atoms with Crippen molar-refractivity contribution in [3.05, 3.63) is 0 Å². The Hall–Kier alpha value is -0.130. The minimum atomic E-state index is -2.84. The third-order valence-electron chi connectivity index (χ3n) is 1.84. The molecule has 0 radical (unpaired) electrons. The van der Waals surface area contributed by atoms with Crippen LogP contribution < -0.4 is 5.32 Å². The fourth-order valence-electron chi connectivity index (χ4n) is 0.926. The van der Waals surface area contributed by atoms with Crippen LogP contribution in [0.5, 0.6) is 0 Å². The summed E-state index contributed by atoms with van der Waals surface area (Å²) in [6.07, 6.45) is 0. The Balaban J connectivity index is 3.42. The molecular formula is C10H23NO3S. The molecule has 0 atom stereocenters. The van der Waals surface area contributed by atoms with Crippen molar-refractivity contribution in [2.75, 3.05) is 31.2 Å². The smallest absolute Gasteiger partial charge is 0.151 e. The molecular weight excluding hydrogens is 214 g/mol. The van der Waals surface area contributed by atoms with Crippen molar-refractivity contribution in [3.8, 4) is 0 Å². The molecule has 0 rings (SSSR count). The van der Waals surface area contributed by atoms with E-state index in [0.717, 1.165) is 0 Å². The predicted molar refractivity (Wildman–Crippen MR) is 62.9 cm³/mol. The van der Waals surface area contributed by atoms with Gasteiger partial charge in [-0.25, -0.2) is 8.42 Å². The second-order valence-corrected chi connectivity index (χ2v) is 6.92. The van der Waals surface area contributed by atoms with E-state index in [0.29, 0.717) is 19.7 Å². The van der Waals surface area contributed by atoms with E-state index >= 15 is 0 Å². The van der Waals surface area contributed by atoms with Gasteiger partial charge in [-0.15, -0.1) is 0 Å². The largest absolute Gasteiger partial charge is 0.375 e. The second-order valence-electron chi connectivity index (χ2n) is 4.45. The molecule has 92 valence electrons. The molecule has 15 heavy (non-hydrogen) atoms. The van der Waals surface area contributed by atoms with Crippen LogP contribution in [0.15, 0.2) is 0 Å². The molecule has 5 heteroatoms. The van der Waals surface area contributed by atoms with E-state index in [1.54, 1.807) is 6.92 Å². The molecule has 0 saturated heterocycles. The Morgan fingerprint density at radius 1 is 1.20 bits per heavy atom. The summed E-state index contributed by atoms with van der Waals surface area (Å²) >= 11 is 0. The average Bonchev–Trinajstić information content (AvgIpc) is 2.09. The third-order valence-corrected chi connectivity index (χ3v) is 3.55. The highest BCUT2D eigenvalue weighted by Gasteiger charge is 2.09. The Bertz CT molecular complexity index is 254. The first-order valence-electron chi connectivity index (χ1n) is 5.32. The van der Waals surface area contributed by atoms with Gasteiger partial charge in [0.05, 0.1) is 18.0 Å². The summed E-state index contributed by atoms with van der Waals surface area (Å²) in [6.45, 7) is 9.45. The number of sulfone groups is 1. The van der Waals surface area contributed by atoms with E-state index in [2.05, 4.69) is 5.32 Å². The molecule has 4 nitrogen and oxygen atoms in total. The fourth-order valence-corrected chi connectivity index (χ4v) is 1.67. The summed E-state index contributed by atoms with van der Waals surface area (Å²) in [4.78, 5) is 0. The third kappa shape index (κ3) is 10.2. The van der Waals surface area contributed by atoms with Gasteiger partial charge in [0.25, 0.3) is 0 Å². The van der Waals surface area contributed by atoms with Gasteiger partial charge in [0, 0.05) is 18.8 Å². The molecule has 0 bridgehead atoms. The lowest BCUT2D eigenvalue weighted by Crippen LogP contribution is -2.30. The molecule has 1 N–H and O–H groups in total. The van der Waals surface area contributed by atoms with Gasteiger partial charge in [-0.3, -0.25) is 0 Å². The van der Waals surface area contributed by atoms with Crippen LogP contribution >= 0.6 is 0 Å². The van der Waals surface area contributed by atoms with E-state index in [4.69, 9.17) is 4.74 Å². The van der Waals surface area contributed by atoms with Crippen molar-refractivity contribution in [1.29, 1.82) is 0 Å². The Kier molecular flexibility index (Phi) is 6.40.